The maximum Gasteiger partial charge on any atom is 0.306 e. The third-order valence-corrected chi connectivity index (χ3v) is 12.4. The van der Waals surface area contributed by atoms with E-state index in [1.54, 1.807) is 0 Å². The molecule has 0 bridgehead atoms. The first-order chi connectivity index (χ1) is 38.4. The van der Waals surface area contributed by atoms with E-state index in [0.717, 1.165) is 116 Å². The molecule has 0 fully saturated rings. The predicted molar refractivity (Wildman–Crippen MR) is 341 cm³/mol. The van der Waals surface area contributed by atoms with Gasteiger partial charge in [-0.2, -0.15) is 0 Å². The molecule has 428 valence electrons. The number of alkyl halides is 1. The number of carbonyl (C=O) groups excluding carboxylic acids is 3. The van der Waals surface area contributed by atoms with Gasteiger partial charge >= 0.3 is 17.9 Å². The van der Waals surface area contributed by atoms with Crippen LogP contribution in [-0.2, 0) is 28.6 Å². The normalized spacial score (nSPS) is 13.5. The maximum atomic E-state index is 12.9. The Bertz CT molecular complexity index is 1810. The first-order valence-corrected chi connectivity index (χ1v) is 30.3. The van der Waals surface area contributed by atoms with Gasteiger partial charge in [-0.15, -0.1) is 0 Å². The molecule has 7 heteroatoms. The highest BCUT2D eigenvalue weighted by molar-refractivity contribution is 9.09. The average Bonchev–Trinajstić information content (AvgIpc) is 3.45. The van der Waals surface area contributed by atoms with E-state index in [4.69, 9.17) is 14.2 Å². The highest BCUT2D eigenvalue weighted by Gasteiger charge is 2.35. The van der Waals surface area contributed by atoms with E-state index >= 15 is 0 Å². The summed E-state index contributed by atoms with van der Waals surface area (Å²) >= 11 is 3.56. The molecule has 0 aliphatic heterocycles. The lowest BCUT2D eigenvalue weighted by Gasteiger charge is -2.30. The molecule has 0 radical (unpaired) electrons. The Kier molecular flexibility index (Phi) is 56.0. The van der Waals surface area contributed by atoms with Crippen LogP contribution in [0.15, 0.2) is 219 Å². The largest absolute Gasteiger partial charge is 0.465 e. The molecule has 0 spiro atoms. The number of carbonyl (C=O) groups is 3. The van der Waals surface area contributed by atoms with Crippen LogP contribution in [0.5, 0.6) is 0 Å². The van der Waals surface area contributed by atoms with Gasteiger partial charge in [0.1, 0.15) is 19.8 Å². The SMILES string of the molecule is CC/C=C\C/C=C\C/C=C\C/C=C\C/C=C\C/C=C\CCC(=O)OCC(CBr)(COC(=O)CC/C=C\C/C=C\C/C=C\C/C=C\C/C=C\C/C=C\CC)COC(=O)CC/C=C\C/C=C\C/C=C\C/C=C\C/C=C\C/C=C\CC. The van der Waals surface area contributed by atoms with Crippen LogP contribution >= 0.6 is 15.9 Å². The van der Waals surface area contributed by atoms with Crippen LogP contribution in [0.1, 0.15) is 175 Å². The zero-order valence-corrected chi connectivity index (χ0v) is 50.0. The van der Waals surface area contributed by atoms with Crippen molar-refractivity contribution in [2.45, 2.75) is 175 Å². The lowest BCUT2D eigenvalue weighted by atomic mass is 9.94. The second-order valence-electron chi connectivity index (χ2n) is 18.5. The smallest absolute Gasteiger partial charge is 0.306 e. The van der Waals surface area contributed by atoms with Crippen LogP contribution in [0, 0.1) is 5.41 Å². The minimum Gasteiger partial charge on any atom is -0.465 e. The molecule has 0 N–H and O–H groups in total. The van der Waals surface area contributed by atoms with Gasteiger partial charge in [-0.25, -0.2) is 0 Å². The number of hydrogen-bond acceptors (Lipinski definition) is 6. The molecule has 0 unspecified atom stereocenters. The molecule has 6 nitrogen and oxygen atoms in total. The Morgan fingerprint density at radius 1 is 0.269 bits per heavy atom. The third kappa shape index (κ3) is 55.0. The highest BCUT2D eigenvalue weighted by atomic mass is 79.9. The molecule has 0 heterocycles. The summed E-state index contributed by atoms with van der Waals surface area (Å²) in [6.07, 6.45) is 96.6. The fourth-order valence-corrected chi connectivity index (χ4v) is 7.17. The zero-order chi connectivity index (χ0) is 56.6. The summed E-state index contributed by atoms with van der Waals surface area (Å²) in [6.45, 7) is 6.24. The van der Waals surface area contributed by atoms with Crippen molar-refractivity contribution in [3.63, 3.8) is 0 Å². The highest BCUT2D eigenvalue weighted by Crippen LogP contribution is 2.24. The van der Waals surface area contributed by atoms with Gasteiger partial charge in [0.05, 0.1) is 5.41 Å². The first-order valence-electron chi connectivity index (χ1n) is 29.2. The summed E-state index contributed by atoms with van der Waals surface area (Å²) < 4.78 is 17.2. The monoisotopic (exact) mass is 1130 g/mol. The number of esters is 3. The molecular weight excluding hydrogens is 1030 g/mol. The van der Waals surface area contributed by atoms with Crippen molar-refractivity contribution >= 4 is 33.8 Å². The van der Waals surface area contributed by atoms with Crippen LogP contribution in [-0.4, -0.2) is 43.1 Å². The lowest BCUT2D eigenvalue weighted by molar-refractivity contribution is -0.160. The average molecular weight is 1130 g/mol. The van der Waals surface area contributed by atoms with E-state index in [2.05, 4.69) is 219 Å². The summed E-state index contributed by atoms with van der Waals surface area (Å²) in [5.74, 6) is -1.10. The minimum atomic E-state index is -0.947. The van der Waals surface area contributed by atoms with E-state index in [9.17, 15) is 14.4 Å². The summed E-state index contributed by atoms with van der Waals surface area (Å²) in [5, 5.41) is 0.293. The van der Waals surface area contributed by atoms with Crippen LogP contribution in [0.25, 0.3) is 0 Å². The molecule has 0 amide bonds. The van der Waals surface area contributed by atoms with Crippen molar-refractivity contribution in [2.24, 2.45) is 5.41 Å². The van der Waals surface area contributed by atoms with Gasteiger partial charge < -0.3 is 14.2 Å². The Morgan fingerprint density at radius 3 is 0.577 bits per heavy atom. The van der Waals surface area contributed by atoms with Gasteiger partial charge in [-0.05, 0) is 135 Å². The van der Waals surface area contributed by atoms with Crippen LogP contribution in [0.4, 0.5) is 0 Å². The number of ether oxygens (including phenoxy) is 3. The van der Waals surface area contributed by atoms with Crippen molar-refractivity contribution in [3.8, 4) is 0 Å². The lowest BCUT2D eigenvalue weighted by Crippen LogP contribution is -2.41. The number of rotatable bonds is 49. The van der Waals surface area contributed by atoms with E-state index in [0.29, 0.717) is 24.6 Å². The summed E-state index contributed by atoms with van der Waals surface area (Å²) in [5.41, 5.74) is -0.947. The van der Waals surface area contributed by atoms with Gasteiger partial charge in [-0.1, -0.05) is 255 Å². The van der Waals surface area contributed by atoms with Crippen molar-refractivity contribution in [3.05, 3.63) is 219 Å². The Balaban J connectivity index is 4.99. The predicted octanol–water partition coefficient (Wildman–Crippen LogP) is 20.4. The number of hydrogen-bond donors (Lipinski definition) is 0. The summed E-state index contributed by atoms with van der Waals surface area (Å²) in [6, 6.07) is 0. The van der Waals surface area contributed by atoms with Crippen LogP contribution in [0.3, 0.4) is 0 Å². The van der Waals surface area contributed by atoms with Gasteiger partial charge in [0, 0.05) is 24.6 Å². The number of halogens is 1. The molecule has 0 rings (SSSR count). The van der Waals surface area contributed by atoms with Crippen LogP contribution in [0.2, 0.25) is 0 Å². The van der Waals surface area contributed by atoms with Gasteiger partial charge in [0.25, 0.3) is 0 Å². The molecule has 0 aromatic heterocycles. The molecule has 0 aliphatic rings. The van der Waals surface area contributed by atoms with Gasteiger partial charge in [0.2, 0.25) is 0 Å². The fourth-order valence-electron chi connectivity index (χ4n) is 6.68. The summed E-state index contributed by atoms with van der Waals surface area (Å²) in [4.78, 5) is 38.7. The van der Waals surface area contributed by atoms with E-state index in [-0.39, 0.29) is 57.0 Å². The number of allylic oxidation sites excluding steroid dienone is 36. The second kappa shape index (κ2) is 60.4. The first kappa shape index (κ1) is 72.2. The Labute approximate surface area is 484 Å². The zero-order valence-electron chi connectivity index (χ0n) is 48.4. The molecule has 0 saturated heterocycles. The molecule has 0 atom stereocenters. The van der Waals surface area contributed by atoms with Crippen molar-refractivity contribution in [1.82, 2.24) is 0 Å². The molecule has 0 aromatic rings. The van der Waals surface area contributed by atoms with Crippen LogP contribution < -0.4 is 0 Å². The second-order valence-corrected chi connectivity index (χ2v) is 19.0. The fraction of sp³-hybridized carbons (Fsp3) is 0.451. The molecular formula is C71H101BrO6. The van der Waals surface area contributed by atoms with Crippen molar-refractivity contribution in [2.75, 3.05) is 25.2 Å². The van der Waals surface area contributed by atoms with E-state index < -0.39 is 5.41 Å². The van der Waals surface area contributed by atoms with E-state index in [1.165, 1.54) is 0 Å². The summed E-state index contributed by atoms with van der Waals surface area (Å²) in [7, 11) is 0. The maximum absolute atomic E-state index is 12.9. The van der Waals surface area contributed by atoms with E-state index in [1.807, 2.05) is 36.5 Å². The topological polar surface area (TPSA) is 78.9 Å². The molecule has 0 aromatic carbocycles. The Morgan fingerprint density at radius 2 is 0.423 bits per heavy atom. The van der Waals surface area contributed by atoms with Gasteiger partial charge in [-0.3, -0.25) is 14.4 Å². The minimum absolute atomic E-state index is 0.0678. The van der Waals surface area contributed by atoms with Crippen molar-refractivity contribution in [1.29, 1.82) is 0 Å². The molecule has 78 heavy (non-hydrogen) atoms. The molecule has 0 saturated carbocycles. The standard InChI is InChI=1S/C71H101BrO6/c1-4-7-10-13-16-19-22-25-28-31-34-37-40-43-46-49-52-55-58-61-68(73)76-65-71(64-72,66-77-69(74)62-59-56-53-50-47-44-41-38-35-32-29-26-23-20-17-14-11-8-5-2)67-78-70(75)63-60-57-54-51-48-45-42-39-36-33-30-27-24-21-18-15-12-9-6-3/h7-12,16-21,25-30,34-39,43-48,52-57H,4-6,13-15,22-24,31-33,40-42,49-51,58-67H2,1-3H3/b10-7-,11-8-,12-9-,19-16-,20-17-,21-18-,28-25-,29-26-,30-27-,37-34-,38-35-,39-36-,46-43-,47-44-,48-45-,55-52-,56-53-,57-54-. The third-order valence-electron chi connectivity index (χ3n) is 11.2. The molecule has 0 aliphatic carbocycles. The quantitative estimate of drug-likeness (QED) is 0.0261. The van der Waals surface area contributed by atoms with Gasteiger partial charge in [0.15, 0.2) is 0 Å². The Hall–Kier alpha value is -5.79. The van der Waals surface area contributed by atoms with Crippen molar-refractivity contribution < 1.29 is 28.6 Å².